The molecule has 17 heavy (non-hydrogen) atoms. The van der Waals surface area contributed by atoms with Crippen LogP contribution >= 0.6 is 0 Å². The van der Waals surface area contributed by atoms with Gasteiger partial charge in [0.15, 0.2) is 0 Å². The molecule has 0 aliphatic rings. The summed E-state index contributed by atoms with van der Waals surface area (Å²) < 4.78 is 5.36. The van der Waals surface area contributed by atoms with Crippen LogP contribution in [0.2, 0.25) is 0 Å². The molecule has 0 N–H and O–H groups in total. The van der Waals surface area contributed by atoms with Crippen molar-refractivity contribution in [3.63, 3.8) is 0 Å². The largest absolute Gasteiger partial charge is 0.426 e. The summed E-state index contributed by atoms with van der Waals surface area (Å²) in [6.07, 6.45) is 5.28. The third kappa shape index (κ3) is 5.03. The summed E-state index contributed by atoms with van der Waals surface area (Å²) in [5.41, 5.74) is 0. The fraction of sp³-hybridized carbons (Fsp3) is 0.533. The van der Waals surface area contributed by atoms with Gasteiger partial charge in [0.1, 0.15) is 5.75 Å². The first-order chi connectivity index (χ1) is 8.27. The van der Waals surface area contributed by atoms with Crippen molar-refractivity contribution in [1.82, 2.24) is 0 Å². The molecule has 0 aromatic heterocycles. The highest BCUT2D eigenvalue weighted by Crippen LogP contribution is 2.18. The van der Waals surface area contributed by atoms with E-state index in [-0.39, 0.29) is 11.9 Å². The number of carbonyl (C=O) groups is 1. The Morgan fingerprint density at radius 1 is 1.18 bits per heavy atom. The lowest BCUT2D eigenvalue weighted by Crippen LogP contribution is -2.19. The molecule has 0 aliphatic heterocycles. The number of ether oxygens (including phenoxy) is 1. The van der Waals surface area contributed by atoms with E-state index in [1.807, 2.05) is 37.3 Å². The highest BCUT2D eigenvalue weighted by molar-refractivity contribution is 5.74. The van der Waals surface area contributed by atoms with Crippen LogP contribution < -0.4 is 4.74 Å². The molecular weight excluding hydrogens is 212 g/mol. The van der Waals surface area contributed by atoms with E-state index >= 15 is 0 Å². The lowest BCUT2D eigenvalue weighted by molar-refractivity contribution is -0.139. The minimum Gasteiger partial charge on any atom is -0.426 e. The Morgan fingerprint density at radius 3 is 2.47 bits per heavy atom. The molecule has 0 amide bonds. The molecule has 0 aliphatic carbocycles. The van der Waals surface area contributed by atoms with Crippen LogP contribution in [0.4, 0.5) is 0 Å². The first-order valence-corrected chi connectivity index (χ1v) is 6.54. The Morgan fingerprint density at radius 2 is 1.88 bits per heavy atom. The van der Waals surface area contributed by atoms with E-state index in [0.717, 1.165) is 19.3 Å². The summed E-state index contributed by atoms with van der Waals surface area (Å²) in [5.74, 6) is 0.600. The van der Waals surface area contributed by atoms with Gasteiger partial charge >= 0.3 is 5.97 Å². The van der Waals surface area contributed by atoms with Gasteiger partial charge in [0.05, 0.1) is 5.92 Å². The van der Waals surface area contributed by atoms with Crippen molar-refractivity contribution in [1.29, 1.82) is 0 Å². The Bertz CT molecular complexity index is 319. The summed E-state index contributed by atoms with van der Waals surface area (Å²) in [4.78, 5) is 11.9. The highest BCUT2D eigenvalue weighted by Gasteiger charge is 2.17. The van der Waals surface area contributed by atoms with Crippen LogP contribution in [-0.2, 0) is 4.79 Å². The molecule has 1 aromatic carbocycles. The van der Waals surface area contributed by atoms with Crippen molar-refractivity contribution in [2.24, 2.45) is 5.92 Å². The van der Waals surface area contributed by atoms with E-state index in [0.29, 0.717) is 5.75 Å². The molecule has 0 spiro atoms. The fourth-order valence-electron chi connectivity index (χ4n) is 1.82. The molecule has 1 aromatic rings. The molecule has 1 rings (SSSR count). The average Bonchev–Trinajstić information content (AvgIpc) is 2.36. The third-order valence-electron chi connectivity index (χ3n) is 2.94. The molecule has 94 valence electrons. The maximum Gasteiger partial charge on any atom is 0.314 e. The minimum atomic E-state index is -0.0881. The van der Waals surface area contributed by atoms with Crippen LogP contribution in [0.3, 0.4) is 0 Å². The van der Waals surface area contributed by atoms with Crippen LogP contribution in [0, 0.1) is 5.92 Å². The van der Waals surface area contributed by atoms with Crippen molar-refractivity contribution in [2.75, 3.05) is 0 Å². The number of hydrogen-bond acceptors (Lipinski definition) is 2. The van der Waals surface area contributed by atoms with Crippen molar-refractivity contribution >= 4 is 5.97 Å². The molecule has 2 heteroatoms. The number of benzene rings is 1. The van der Waals surface area contributed by atoms with Gasteiger partial charge in [-0.2, -0.15) is 0 Å². The Labute approximate surface area is 104 Å². The number of para-hydroxylation sites is 1. The smallest absolute Gasteiger partial charge is 0.314 e. The number of esters is 1. The molecule has 0 bridgehead atoms. The van der Waals surface area contributed by atoms with E-state index in [9.17, 15) is 4.79 Å². The molecular formula is C15H22O2. The van der Waals surface area contributed by atoms with Crippen LogP contribution in [0.1, 0.15) is 46.0 Å². The quantitative estimate of drug-likeness (QED) is 0.401. The monoisotopic (exact) mass is 234 g/mol. The van der Waals surface area contributed by atoms with Crippen molar-refractivity contribution in [2.45, 2.75) is 46.0 Å². The van der Waals surface area contributed by atoms with E-state index < -0.39 is 0 Å². The SMILES string of the molecule is CCCCCC(CC)C(=O)Oc1ccccc1. The zero-order valence-corrected chi connectivity index (χ0v) is 10.8. The second-order valence-corrected chi connectivity index (χ2v) is 4.34. The normalized spacial score (nSPS) is 12.1. The van der Waals surface area contributed by atoms with E-state index in [4.69, 9.17) is 4.74 Å². The van der Waals surface area contributed by atoms with Crippen LogP contribution in [-0.4, -0.2) is 5.97 Å². The standard InChI is InChI=1S/C15H22O2/c1-3-5-7-10-13(4-2)15(16)17-14-11-8-6-9-12-14/h6,8-9,11-13H,3-5,7,10H2,1-2H3. The van der Waals surface area contributed by atoms with Crippen LogP contribution in [0.5, 0.6) is 5.75 Å². The molecule has 0 saturated heterocycles. The van der Waals surface area contributed by atoms with Gasteiger partial charge in [0.25, 0.3) is 0 Å². The summed E-state index contributed by atoms with van der Waals surface area (Å²) >= 11 is 0. The van der Waals surface area contributed by atoms with Crippen LogP contribution in [0.15, 0.2) is 30.3 Å². The van der Waals surface area contributed by atoms with Gasteiger partial charge in [0, 0.05) is 0 Å². The van der Waals surface area contributed by atoms with Gasteiger partial charge in [-0.3, -0.25) is 4.79 Å². The first-order valence-electron chi connectivity index (χ1n) is 6.54. The number of rotatable bonds is 7. The zero-order valence-electron chi connectivity index (χ0n) is 10.8. The van der Waals surface area contributed by atoms with Crippen LogP contribution in [0.25, 0.3) is 0 Å². The van der Waals surface area contributed by atoms with Crippen molar-refractivity contribution in [3.05, 3.63) is 30.3 Å². The Kier molecular flexibility index (Phi) is 6.38. The predicted molar refractivity (Wildman–Crippen MR) is 70.0 cm³/mol. The van der Waals surface area contributed by atoms with E-state index in [1.165, 1.54) is 12.8 Å². The molecule has 0 saturated carbocycles. The summed E-state index contributed by atoms with van der Waals surface area (Å²) in [6.45, 7) is 4.21. The summed E-state index contributed by atoms with van der Waals surface area (Å²) in [7, 11) is 0. The number of hydrogen-bond donors (Lipinski definition) is 0. The number of unbranched alkanes of at least 4 members (excludes halogenated alkanes) is 2. The first kappa shape index (κ1) is 13.8. The van der Waals surface area contributed by atoms with E-state index in [1.54, 1.807) is 0 Å². The fourth-order valence-corrected chi connectivity index (χ4v) is 1.82. The van der Waals surface area contributed by atoms with Gasteiger partial charge in [-0.05, 0) is 25.0 Å². The maximum atomic E-state index is 11.9. The molecule has 0 fully saturated rings. The van der Waals surface area contributed by atoms with Gasteiger partial charge in [-0.25, -0.2) is 0 Å². The lowest BCUT2D eigenvalue weighted by atomic mass is 9.99. The summed E-state index contributed by atoms with van der Waals surface area (Å²) in [5, 5.41) is 0. The van der Waals surface area contributed by atoms with Gasteiger partial charge < -0.3 is 4.74 Å². The summed E-state index contributed by atoms with van der Waals surface area (Å²) in [6, 6.07) is 9.30. The molecule has 1 unspecified atom stereocenters. The maximum absolute atomic E-state index is 11.9. The van der Waals surface area contributed by atoms with Gasteiger partial charge in [0.2, 0.25) is 0 Å². The molecule has 0 radical (unpaired) electrons. The minimum absolute atomic E-state index is 0.0433. The molecule has 0 heterocycles. The highest BCUT2D eigenvalue weighted by atomic mass is 16.5. The topological polar surface area (TPSA) is 26.3 Å². The predicted octanol–water partition coefficient (Wildman–Crippen LogP) is 4.20. The molecule has 2 nitrogen and oxygen atoms in total. The second kappa shape index (κ2) is 7.88. The van der Waals surface area contributed by atoms with E-state index in [2.05, 4.69) is 6.92 Å². The lowest BCUT2D eigenvalue weighted by Gasteiger charge is -2.13. The van der Waals surface area contributed by atoms with Crippen molar-refractivity contribution in [3.8, 4) is 5.75 Å². The van der Waals surface area contributed by atoms with Gasteiger partial charge in [-0.15, -0.1) is 0 Å². The van der Waals surface area contributed by atoms with Gasteiger partial charge in [-0.1, -0.05) is 51.3 Å². The Hall–Kier alpha value is -1.31. The van der Waals surface area contributed by atoms with Crippen molar-refractivity contribution < 1.29 is 9.53 Å². The zero-order chi connectivity index (χ0) is 12.5. The number of carbonyl (C=O) groups excluding carboxylic acids is 1. The third-order valence-corrected chi connectivity index (χ3v) is 2.94. The second-order valence-electron chi connectivity index (χ2n) is 4.34. The Balaban J connectivity index is 2.43. The average molecular weight is 234 g/mol. The molecule has 1 atom stereocenters.